The van der Waals surface area contributed by atoms with Gasteiger partial charge in [-0.1, -0.05) is 23.7 Å². The highest BCUT2D eigenvalue weighted by molar-refractivity contribution is 7.89. The molecule has 2 amide bonds. The monoisotopic (exact) mass is 455 g/mol. The van der Waals surface area contributed by atoms with Crippen LogP contribution in [0, 0.1) is 5.82 Å². The van der Waals surface area contributed by atoms with Crippen LogP contribution >= 0.6 is 11.6 Å². The number of ether oxygens (including phenoxy) is 1. The molecule has 2 N–H and O–H groups in total. The Morgan fingerprint density at radius 3 is 2.40 bits per heavy atom. The van der Waals surface area contributed by atoms with Crippen LogP contribution in [0.3, 0.4) is 0 Å². The van der Waals surface area contributed by atoms with E-state index in [1.54, 1.807) is 0 Å². The molecule has 1 heterocycles. The van der Waals surface area contributed by atoms with Crippen molar-refractivity contribution in [1.82, 2.24) is 15.2 Å². The normalized spacial score (nSPS) is 14.9. The van der Waals surface area contributed by atoms with Gasteiger partial charge in [-0.05, 0) is 35.9 Å². The maximum atomic E-state index is 12.9. The van der Waals surface area contributed by atoms with Crippen LogP contribution in [0.1, 0.15) is 15.9 Å². The van der Waals surface area contributed by atoms with Gasteiger partial charge < -0.3 is 4.74 Å². The third kappa shape index (κ3) is 5.33. The van der Waals surface area contributed by atoms with Gasteiger partial charge in [0, 0.05) is 18.7 Å². The zero-order valence-electron chi connectivity index (χ0n) is 15.7. The number of benzene rings is 2. The molecule has 0 spiro atoms. The van der Waals surface area contributed by atoms with Crippen molar-refractivity contribution in [3.05, 3.63) is 64.4 Å². The summed E-state index contributed by atoms with van der Waals surface area (Å²) in [5.74, 6) is -1.65. The van der Waals surface area contributed by atoms with Crippen molar-refractivity contribution in [1.29, 1.82) is 0 Å². The van der Waals surface area contributed by atoms with Gasteiger partial charge in [-0.3, -0.25) is 20.4 Å². The number of hydrazine groups is 1. The average molecular weight is 456 g/mol. The standard InChI is InChI=1S/C19H19ClFN3O5S/c20-16-6-3-14(12-17(16)30(27,28)24-7-9-29-10-8-24)19(26)23-22-18(25)11-13-1-4-15(21)5-2-13/h1-6,12H,7-11H2,(H,22,25)(H,23,26). The quantitative estimate of drug-likeness (QED) is 0.665. The number of sulfonamides is 1. The van der Waals surface area contributed by atoms with Gasteiger partial charge in [0.1, 0.15) is 10.7 Å². The SMILES string of the molecule is O=C(Cc1ccc(F)cc1)NNC(=O)c1ccc(Cl)c(S(=O)(=O)N2CCOCC2)c1. The molecular weight excluding hydrogens is 437 g/mol. The summed E-state index contributed by atoms with van der Waals surface area (Å²) in [7, 11) is -3.90. The predicted molar refractivity (Wildman–Crippen MR) is 107 cm³/mol. The minimum absolute atomic E-state index is 0.00770. The van der Waals surface area contributed by atoms with Crippen LogP contribution in [0.5, 0.6) is 0 Å². The summed E-state index contributed by atoms with van der Waals surface area (Å²) in [6.45, 7) is 0.928. The summed E-state index contributed by atoms with van der Waals surface area (Å²) >= 11 is 6.07. The Hall–Kier alpha value is -2.53. The molecule has 0 saturated carbocycles. The lowest BCUT2D eigenvalue weighted by Gasteiger charge is -2.26. The molecule has 0 atom stereocenters. The molecule has 160 valence electrons. The van der Waals surface area contributed by atoms with Gasteiger partial charge >= 0.3 is 0 Å². The van der Waals surface area contributed by atoms with Crippen LogP contribution in [0.15, 0.2) is 47.4 Å². The second kappa shape index (κ2) is 9.52. The van der Waals surface area contributed by atoms with Crippen molar-refractivity contribution in [2.24, 2.45) is 0 Å². The third-order valence-electron chi connectivity index (χ3n) is 4.37. The average Bonchev–Trinajstić information content (AvgIpc) is 2.74. The lowest BCUT2D eigenvalue weighted by atomic mass is 10.1. The molecular formula is C19H19ClFN3O5S. The van der Waals surface area contributed by atoms with Crippen LogP contribution in [-0.2, 0) is 26.0 Å². The zero-order valence-corrected chi connectivity index (χ0v) is 17.3. The fourth-order valence-corrected chi connectivity index (χ4v) is 4.71. The van der Waals surface area contributed by atoms with Crippen LogP contribution in [0.4, 0.5) is 4.39 Å². The molecule has 0 aromatic heterocycles. The fraction of sp³-hybridized carbons (Fsp3) is 0.263. The molecule has 0 radical (unpaired) electrons. The van der Waals surface area contributed by atoms with Gasteiger partial charge in [0.25, 0.3) is 5.91 Å². The van der Waals surface area contributed by atoms with Crippen molar-refractivity contribution >= 4 is 33.4 Å². The van der Waals surface area contributed by atoms with Gasteiger partial charge in [-0.25, -0.2) is 12.8 Å². The molecule has 8 nitrogen and oxygen atoms in total. The van der Waals surface area contributed by atoms with Gasteiger partial charge in [0.2, 0.25) is 15.9 Å². The van der Waals surface area contributed by atoms with Crippen molar-refractivity contribution in [2.45, 2.75) is 11.3 Å². The number of halogens is 2. The minimum Gasteiger partial charge on any atom is -0.379 e. The maximum absolute atomic E-state index is 12.9. The van der Waals surface area contributed by atoms with E-state index in [1.165, 1.54) is 40.7 Å². The lowest BCUT2D eigenvalue weighted by Crippen LogP contribution is -2.42. The van der Waals surface area contributed by atoms with Gasteiger partial charge in [0.15, 0.2) is 0 Å². The second-order valence-corrected chi connectivity index (χ2v) is 8.78. The first-order valence-electron chi connectivity index (χ1n) is 8.98. The van der Waals surface area contributed by atoms with E-state index in [-0.39, 0.29) is 48.2 Å². The van der Waals surface area contributed by atoms with Crippen molar-refractivity contribution in [3.63, 3.8) is 0 Å². The van der Waals surface area contributed by atoms with Gasteiger partial charge in [-0.15, -0.1) is 0 Å². The first kappa shape index (κ1) is 22.2. The first-order valence-corrected chi connectivity index (χ1v) is 10.8. The minimum atomic E-state index is -3.90. The summed E-state index contributed by atoms with van der Waals surface area (Å²) in [6, 6.07) is 9.19. The van der Waals surface area contributed by atoms with E-state index >= 15 is 0 Å². The zero-order chi connectivity index (χ0) is 21.7. The topological polar surface area (TPSA) is 105 Å². The number of amides is 2. The number of hydrogen-bond acceptors (Lipinski definition) is 5. The van der Waals surface area contributed by atoms with E-state index in [0.29, 0.717) is 5.56 Å². The number of carbonyl (C=O) groups excluding carboxylic acids is 2. The molecule has 1 aliphatic heterocycles. The second-order valence-electron chi connectivity index (χ2n) is 6.47. The first-order chi connectivity index (χ1) is 14.3. The Morgan fingerprint density at radius 1 is 1.07 bits per heavy atom. The summed E-state index contributed by atoms with van der Waals surface area (Å²) in [5.41, 5.74) is 5.03. The van der Waals surface area contributed by atoms with Crippen LogP contribution in [-0.4, -0.2) is 50.8 Å². The molecule has 3 rings (SSSR count). The van der Waals surface area contributed by atoms with Crippen LogP contribution in [0.25, 0.3) is 0 Å². The molecule has 0 bridgehead atoms. The molecule has 11 heteroatoms. The highest BCUT2D eigenvalue weighted by atomic mass is 35.5. The van der Waals surface area contributed by atoms with E-state index in [0.717, 1.165) is 6.07 Å². The Labute approximate surface area is 178 Å². The van der Waals surface area contributed by atoms with Gasteiger partial charge in [0.05, 0.1) is 24.7 Å². The Bertz CT molecular complexity index is 1040. The summed E-state index contributed by atoms with van der Waals surface area (Å²) in [4.78, 5) is 24.1. The van der Waals surface area contributed by atoms with E-state index in [1.807, 2.05) is 0 Å². The molecule has 1 saturated heterocycles. The lowest BCUT2D eigenvalue weighted by molar-refractivity contribution is -0.121. The third-order valence-corrected chi connectivity index (χ3v) is 6.75. The van der Waals surface area contributed by atoms with Crippen molar-refractivity contribution in [3.8, 4) is 0 Å². The predicted octanol–water partition coefficient (Wildman–Crippen LogP) is 1.50. The molecule has 30 heavy (non-hydrogen) atoms. The molecule has 0 aliphatic carbocycles. The maximum Gasteiger partial charge on any atom is 0.269 e. The highest BCUT2D eigenvalue weighted by Gasteiger charge is 2.29. The van der Waals surface area contributed by atoms with E-state index in [9.17, 15) is 22.4 Å². The number of hydrogen-bond donors (Lipinski definition) is 2. The number of rotatable bonds is 5. The van der Waals surface area contributed by atoms with E-state index in [4.69, 9.17) is 16.3 Å². The molecule has 1 fully saturated rings. The van der Waals surface area contributed by atoms with Crippen LogP contribution < -0.4 is 10.9 Å². The highest BCUT2D eigenvalue weighted by Crippen LogP contribution is 2.26. The number of carbonyl (C=O) groups is 2. The Morgan fingerprint density at radius 2 is 1.73 bits per heavy atom. The Balaban J connectivity index is 1.67. The smallest absolute Gasteiger partial charge is 0.269 e. The number of nitrogens with one attached hydrogen (secondary N) is 2. The number of nitrogens with zero attached hydrogens (tertiary/aromatic N) is 1. The van der Waals surface area contributed by atoms with Crippen molar-refractivity contribution in [2.75, 3.05) is 26.3 Å². The summed E-state index contributed by atoms with van der Waals surface area (Å²) < 4.78 is 45.0. The van der Waals surface area contributed by atoms with E-state index < -0.39 is 27.7 Å². The number of morpholine rings is 1. The molecule has 2 aromatic rings. The molecule has 1 aliphatic rings. The van der Waals surface area contributed by atoms with Crippen LogP contribution in [0.2, 0.25) is 5.02 Å². The Kier molecular flexibility index (Phi) is 7.03. The molecule has 2 aromatic carbocycles. The molecule has 0 unspecified atom stereocenters. The van der Waals surface area contributed by atoms with Crippen molar-refractivity contribution < 1.29 is 27.1 Å². The summed E-state index contributed by atoms with van der Waals surface area (Å²) in [6.07, 6.45) is -0.0716. The largest absolute Gasteiger partial charge is 0.379 e. The van der Waals surface area contributed by atoms with Gasteiger partial charge in [-0.2, -0.15) is 4.31 Å². The fourth-order valence-electron chi connectivity index (χ4n) is 2.80. The summed E-state index contributed by atoms with van der Waals surface area (Å²) in [5, 5.41) is -0.0154. The van der Waals surface area contributed by atoms with E-state index in [2.05, 4.69) is 10.9 Å².